The van der Waals surface area contributed by atoms with Crippen molar-refractivity contribution in [1.29, 1.82) is 0 Å². The highest BCUT2D eigenvalue weighted by molar-refractivity contribution is 6.01. The number of ketones is 1. The minimum atomic E-state index is -0.934. The number of esters is 1. The normalized spacial score (nSPS) is 11.5. The van der Waals surface area contributed by atoms with Gasteiger partial charge in [-0.15, -0.1) is 0 Å². The number of benzene rings is 3. The molecule has 1 atom stereocenters. The largest absolute Gasteiger partial charge is 0.453 e. The maximum absolute atomic E-state index is 12.5. The number of rotatable bonds is 7. The fourth-order valence-corrected chi connectivity index (χ4v) is 3.12. The van der Waals surface area contributed by atoms with Crippen LogP contribution in [-0.4, -0.2) is 30.3 Å². The molecule has 0 bridgehead atoms. The molecule has 31 heavy (non-hydrogen) atoms. The molecule has 0 aliphatic heterocycles. The summed E-state index contributed by atoms with van der Waals surface area (Å²) in [6.07, 6.45) is -0.934. The van der Waals surface area contributed by atoms with E-state index in [0.717, 1.165) is 22.3 Å². The van der Waals surface area contributed by atoms with Crippen LogP contribution in [0.4, 0.5) is 0 Å². The first-order valence-electron chi connectivity index (χ1n) is 10.1. The maximum atomic E-state index is 12.5. The molecule has 0 unspecified atom stereocenters. The summed E-state index contributed by atoms with van der Waals surface area (Å²) in [4.78, 5) is 36.9. The van der Waals surface area contributed by atoms with Crippen molar-refractivity contribution in [2.45, 2.75) is 26.9 Å². The number of amides is 1. The summed E-state index contributed by atoms with van der Waals surface area (Å²) in [5, 5.41) is 2.53. The van der Waals surface area contributed by atoms with Crippen LogP contribution in [0.3, 0.4) is 0 Å². The van der Waals surface area contributed by atoms with Crippen molar-refractivity contribution in [2.75, 3.05) is 6.54 Å². The lowest BCUT2D eigenvalue weighted by atomic mass is 10.0. The maximum Gasteiger partial charge on any atom is 0.326 e. The van der Waals surface area contributed by atoms with Gasteiger partial charge in [0.05, 0.1) is 0 Å². The van der Waals surface area contributed by atoms with Crippen LogP contribution in [0.5, 0.6) is 0 Å². The van der Waals surface area contributed by atoms with Crippen molar-refractivity contribution in [3.8, 4) is 11.1 Å². The van der Waals surface area contributed by atoms with Gasteiger partial charge in [-0.05, 0) is 61.2 Å². The SMILES string of the molecule is Cc1ccc(C(=O)[C@H](C)OC(=O)CNC(=O)c2ccc(-c3ccccc3)cc2)cc1C. The predicted octanol–water partition coefficient (Wildman–Crippen LogP) is 4.51. The van der Waals surface area contributed by atoms with Gasteiger partial charge in [-0.25, -0.2) is 0 Å². The average Bonchev–Trinajstić information content (AvgIpc) is 2.79. The molecule has 0 radical (unpaired) electrons. The van der Waals surface area contributed by atoms with Crippen LogP contribution >= 0.6 is 0 Å². The highest BCUT2D eigenvalue weighted by atomic mass is 16.5. The van der Waals surface area contributed by atoms with Crippen LogP contribution in [0.1, 0.15) is 38.8 Å². The molecule has 0 aromatic heterocycles. The second kappa shape index (κ2) is 9.85. The first kappa shape index (κ1) is 22.0. The van der Waals surface area contributed by atoms with E-state index in [0.29, 0.717) is 11.1 Å². The molecular formula is C26H25NO4. The van der Waals surface area contributed by atoms with Gasteiger partial charge in [0, 0.05) is 11.1 Å². The quantitative estimate of drug-likeness (QED) is 0.455. The summed E-state index contributed by atoms with van der Waals surface area (Å²) in [7, 11) is 0. The summed E-state index contributed by atoms with van der Waals surface area (Å²) in [6.45, 7) is 5.10. The number of ether oxygens (including phenoxy) is 1. The Morgan fingerprint density at radius 1 is 0.806 bits per heavy atom. The molecule has 0 aliphatic carbocycles. The molecule has 1 amide bonds. The van der Waals surface area contributed by atoms with E-state index in [2.05, 4.69) is 5.32 Å². The molecular weight excluding hydrogens is 390 g/mol. The number of nitrogens with one attached hydrogen (secondary N) is 1. The van der Waals surface area contributed by atoms with E-state index in [4.69, 9.17) is 4.74 Å². The smallest absolute Gasteiger partial charge is 0.326 e. The van der Waals surface area contributed by atoms with E-state index in [1.807, 2.05) is 62.4 Å². The van der Waals surface area contributed by atoms with Crippen LogP contribution in [0.2, 0.25) is 0 Å². The molecule has 3 rings (SSSR count). The molecule has 1 N–H and O–H groups in total. The van der Waals surface area contributed by atoms with Gasteiger partial charge in [-0.1, -0.05) is 54.6 Å². The van der Waals surface area contributed by atoms with Gasteiger partial charge < -0.3 is 10.1 Å². The number of hydrogen-bond acceptors (Lipinski definition) is 4. The lowest BCUT2D eigenvalue weighted by molar-refractivity contribution is -0.145. The minimum Gasteiger partial charge on any atom is -0.453 e. The Morgan fingerprint density at radius 3 is 2.06 bits per heavy atom. The van der Waals surface area contributed by atoms with E-state index in [9.17, 15) is 14.4 Å². The molecule has 0 aliphatic rings. The Morgan fingerprint density at radius 2 is 1.42 bits per heavy atom. The van der Waals surface area contributed by atoms with Crippen LogP contribution in [0, 0.1) is 13.8 Å². The van der Waals surface area contributed by atoms with Crippen LogP contribution in [-0.2, 0) is 9.53 Å². The second-order valence-electron chi connectivity index (χ2n) is 7.42. The molecule has 0 saturated heterocycles. The first-order valence-corrected chi connectivity index (χ1v) is 10.1. The van der Waals surface area contributed by atoms with E-state index in [1.54, 1.807) is 24.3 Å². The standard InChI is InChI=1S/C26H25NO4/c1-17-9-10-23(15-18(17)2)25(29)19(3)31-24(28)16-27-26(30)22-13-11-21(12-14-22)20-7-5-4-6-8-20/h4-15,19H,16H2,1-3H3,(H,27,30)/t19-/m0/s1. The minimum absolute atomic E-state index is 0.278. The molecule has 0 saturated carbocycles. The fourth-order valence-electron chi connectivity index (χ4n) is 3.12. The van der Waals surface area contributed by atoms with Crippen molar-refractivity contribution < 1.29 is 19.1 Å². The second-order valence-corrected chi connectivity index (χ2v) is 7.42. The highest BCUT2D eigenvalue weighted by Crippen LogP contribution is 2.19. The molecule has 5 heteroatoms. The zero-order chi connectivity index (χ0) is 22.4. The molecule has 0 fully saturated rings. The Hall–Kier alpha value is -3.73. The van der Waals surface area contributed by atoms with Crippen LogP contribution in [0.15, 0.2) is 72.8 Å². The van der Waals surface area contributed by atoms with Crippen LogP contribution in [0.25, 0.3) is 11.1 Å². The van der Waals surface area contributed by atoms with Gasteiger partial charge in [0.2, 0.25) is 5.78 Å². The van der Waals surface area contributed by atoms with E-state index < -0.39 is 12.1 Å². The Kier molecular flexibility index (Phi) is 6.98. The third-order valence-corrected chi connectivity index (χ3v) is 5.12. The third-order valence-electron chi connectivity index (χ3n) is 5.12. The zero-order valence-corrected chi connectivity index (χ0v) is 17.8. The third kappa shape index (κ3) is 5.66. The van der Waals surface area contributed by atoms with Crippen molar-refractivity contribution >= 4 is 17.7 Å². The fraction of sp³-hybridized carbons (Fsp3) is 0.192. The Labute approximate surface area is 182 Å². The summed E-state index contributed by atoms with van der Waals surface area (Å²) in [6, 6.07) is 22.3. The van der Waals surface area contributed by atoms with Crippen LogP contribution < -0.4 is 5.32 Å². The Balaban J connectivity index is 1.52. The van der Waals surface area contributed by atoms with Crippen molar-refractivity contribution in [3.63, 3.8) is 0 Å². The summed E-state index contributed by atoms with van der Waals surface area (Å²) in [5.74, 6) is -1.33. The molecule has 3 aromatic rings. The molecule has 0 spiro atoms. The topological polar surface area (TPSA) is 72.5 Å². The van der Waals surface area contributed by atoms with Crippen molar-refractivity contribution in [2.24, 2.45) is 0 Å². The van der Waals surface area contributed by atoms with E-state index in [-0.39, 0.29) is 18.2 Å². The molecule has 5 nitrogen and oxygen atoms in total. The van der Waals surface area contributed by atoms with Gasteiger partial charge in [-0.3, -0.25) is 14.4 Å². The van der Waals surface area contributed by atoms with Gasteiger partial charge >= 0.3 is 5.97 Å². The van der Waals surface area contributed by atoms with Crippen molar-refractivity contribution in [3.05, 3.63) is 95.1 Å². The number of carbonyl (C=O) groups is 3. The zero-order valence-electron chi connectivity index (χ0n) is 17.8. The molecule has 0 heterocycles. The summed E-state index contributed by atoms with van der Waals surface area (Å²) < 4.78 is 5.20. The van der Waals surface area contributed by atoms with E-state index >= 15 is 0 Å². The number of aryl methyl sites for hydroxylation is 2. The molecule has 158 valence electrons. The van der Waals surface area contributed by atoms with E-state index in [1.165, 1.54) is 6.92 Å². The number of carbonyl (C=O) groups excluding carboxylic acids is 3. The van der Waals surface area contributed by atoms with Gasteiger partial charge in [-0.2, -0.15) is 0 Å². The van der Waals surface area contributed by atoms with Gasteiger partial charge in [0.1, 0.15) is 6.54 Å². The Bertz CT molecular complexity index is 1090. The lowest BCUT2D eigenvalue weighted by Gasteiger charge is -2.13. The lowest BCUT2D eigenvalue weighted by Crippen LogP contribution is -2.34. The number of Topliss-reactive ketones (excluding diaryl/α,β-unsaturated/α-hetero) is 1. The first-order chi connectivity index (χ1) is 14.8. The highest BCUT2D eigenvalue weighted by Gasteiger charge is 2.20. The average molecular weight is 415 g/mol. The van der Waals surface area contributed by atoms with Gasteiger partial charge in [0.25, 0.3) is 5.91 Å². The molecule has 3 aromatic carbocycles. The van der Waals surface area contributed by atoms with Crippen molar-refractivity contribution in [1.82, 2.24) is 5.32 Å². The predicted molar refractivity (Wildman–Crippen MR) is 120 cm³/mol. The summed E-state index contributed by atoms with van der Waals surface area (Å²) in [5.41, 5.74) is 5.06. The van der Waals surface area contributed by atoms with Gasteiger partial charge in [0.15, 0.2) is 6.10 Å². The number of hydrogen-bond donors (Lipinski definition) is 1. The summed E-state index contributed by atoms with van der Waals surface area (Å²) >= 11 is 0. The monoisotopic (exact) mass is 415 g/mol.